The molecule has 1 unspecified atom stereocenters. The van der Waals surface area contributed by atoms with E-state index in [1.165, 1.54) is 0 Å². The van der Waals surface area contributed by atoms with Gasteiger partial charge in [-0.15, -0.1) is 0 Å². The van der Waals surface area contributed by atoms with Crippen molar-refractivity contribution in [2.45, 2.75) is 38.3 Å². The lowest BCUT2D eigenvalue weighted by atomic mass is 9.97. The Kier molecular flexibility index (Phi) is 6.95. The number of nitrogens with zero attached hydrogens (tertiary/aromatic N) is 7. The summed E-state index contributed by atoms with van der Waals surface area (Å²) in [5.74, 6) is 1.36. The Morgan fingerprint density at radius 3 is 2.54 bits per heavy atom. The molecule has 2 aliphatic rings. The summed E-state index contributed by atoms with van der Waals surface area (Å²) in [5.41, 5.74) is 5.69. The number of likely N-dealkylation sites (tertiary alicyclic amines) is 1. The monoisotopic (exact) mass is 486 g/mol. The molecule has 2 aromatic heterocycles. The van der Waals surface area contributed by atoms with Crippen molar-refractivity contribution in [1.29, 1.82) is 0 Å². The van der Waals surface area contributed by atoms with Gasteiger partial charge in [-0.25, -0.2) is 19.7 Å². The van der Waals surface area contributed by atoms with Crippen molar-refractivity contribution in [2.24, 2.45) is 0 Å². The summed E-state index contributed by atoms with van der Waals surface area (Å²) in [7, 11) is 1.88. The average molecular weight is 487 g/mol. The highest BCUT2D eigenvalue weighted by Gasteiger charge is 2.44. The molecule has 0 aliphatic carbocycles. The van der Waals surface area contributed by atoms with E-state index in [1.807, 2.05) is 38.8 Å². The van der Waals surface area contributed by atoms with Gasteiger partial charge in [0.05, 0.1) is 31.1 Å². The third kappa shape index (κ3) is 5.54. The number of hydrogen-bond donors (Lipinski definition) is 2. The molecule has 3 N–H and O–H groups in total. The highest BCUT2D eigenvalue weighted by atomic mass is 16.6. The van der Waals surface area contributed by atoms with E-state index in [0.717, 1.165) is 0 Å². The number of carbonyl (C=O) groups is 1. The molecule has 4 heterocycles. The van der Waals surface area contributed by atoms with Crippen LogP contribution in [-0.2, 0) is 9.47 Å². The lowest BCUT2D eigenvalue weighted by Crippen LogP contribution is -2.53. The van der Waals surface area contributed by atoms with E-state index in [-0.39, 0.29) is 12.6 Å². The van der Waals surface area contributed by atoms with E-state index in [0.29, 0.717) is 68.8 Å². The maximum Gasteiger partial charge on any atom is 0.410 e. The fourth-order valence-corrected chi connectivity index (χ4v) is 4.21. The molecule has 0 bridgehead atoms. The van der Waals surface area contributed by atoms with E-state index in [9.17, 15) is 9.90 Å². The van der Waals surface area contributed by atoms with Gasteiger partial charge >= 0.3 is 6.09 Å². The number of anilines is 3. The zero-order chi connectivity index (χ0) is 25.2. The first kappa shape index (κ1) is 24.9. The van der Waals surface area contributed by atoms with Gasteiger partial charge in [-0.2, -0.15) is 4.98 Å². The molecule has 0 radical (unpaired) electrons. The normalized spacial score (nSPS) is 20.7. The molecule has 2 aromatic rings. The van der Waals surface area contributed by atoms with E-state index in [4.69, 9.17) is 25.2 Å². The third-order valence-corrected chi connectivity index (χ3v) is 6.30. The van der Waals surface area contributed by atoms with Crippen LogP contribution in [0.25, 0.3) is 11.3 Å². The topological polar surface area (TPSA) is 143 Å². The molecule has 0 saturated carbocycles. The first-order chi connectivity index (χ1) is 16.6. The van der Waals surface area contributed by atoms with E-state index in [1.54, 1.807) is 17.3 Å². The first-order valence-electron chi connectivity index (χ1n) is 11.7. The second-order valence-corrected chi connectivity index (χ2v) is 9.93. The number of morpholine rings is 1. The molecule has 2 saturated heterocycles. The van der Waals surface area contributed by atoms with Gasteiger partial charge < -0.3 is 35.0 Å². The number of nitrogens with two attached hydrogens (primary N) is 1. The molecule has 12 nitrogen and oxygen atoms in total. The maximum absolute atomic E-state index is 12.7. The van der Waals surface area contributed by atoms with Crippen molar-refractivity contribution in [2.75, 3.05) is 68.6 Å². The lowest BCUT2D eigenvalue weighted by Gasteiger charge is -2.38. The minimum absolute atomic E-state index is 0.153. The molecule has 1 atom stereocenters. The summed E-state index contributed by atoms with van der Waals surface area (Å²) >= 11 is 0. The van der Waals surface area contributed by atoms with Crippen molar-refractivity contribution in [3.05, 3.63) is 18.5 Å². The van der Waals surface area contributed by atoms with Crippen LogP contribution in [0.4, 0.5) is 22.5 Å². The predicted octanol–water partition coefficient (Wildman–Crippen LogP) is 1.16. The molecule has 0 aromatic carbocycles. The van der Waals surface area contributed by atoms with E-state index < -0.39 is 17.2 Å². The minimum atomic E-state index is -0.720. The van der Waals surface area contributed by atoms with Gasteiger partial charge in [-0.1, -0.05) is 0 Å². The third-order valence-electron chi connectivity index (χ3n) is 6.30. The quantitative estimate of drug-likeness (QED) is 0.628. The minimum Gasteiger partial charge on any atom is -0.444 e. The SMILES string of the molecule is CN(c1cc(-c2cnc(N)nc2)nc(N2CCOCC2)n1)C1(CO)CCN(C(=O)OC(C)(C)C)C1. The molecule has 1 amide bonds. The molecular weight excluding hydrogens is 452 g/mol. The number of likely N-dealkylation sites (N-methyl/N-ethyl adjacent to an activating group) is 1. The average Bonchev–Trinajstić information content (AvgIpc) is 3.29. The predicted molar refractivity (Wildman–Crippen MR) is 131 cm³/mol. The second kappa shape index (κ2) is 9.78. The zero-order valence-corrected chi connectivity index (χ0v) is 20.8. The summed E-state index contributed by atoms with van der Waals surface area (Å²) in [6.45, 7) is 8.66. The van der Waals surface area contributed by atoms with Crippen LogP contribution in [0.5, 0.6) is 0 Å². The Balaban J connectivity index is 1.67. The molecule has 12 heteroatoms. The van der Waals surface area contributed by atoms with Crippen molar-refractivity contribution in [3.8, 4) is 11.3 Å². The highest BCUT2D eigenvalue weighted by Crippen LogP contribution is 2.33. The van der Waals surface area contributed by atoms with Crippen molar-refractivity contribution in [1.82, 2.24) is 24.8 Å². The van der Waals surface area contributed by atoms with Crippen LogP contribution in [0.1, 0.15) is 27.2 Å². The first-order valence-corrected chi connectivity index (χ1v) is 11.7. The standard InChI is InChI=1S/C23H34N8O4/c1-22(2,3)35-21(33)31-6-5-23(14-31,15-32)29(4)18-11-17(16-12-25-19(24)26-13-16)27-20(28-18)30-7-9-34-10-8-30/h11-13,32H,5-10,14-15H2,1-4H3,(H2,24,25,26). The van der Waals surface area contributed by atoms with Crippen LogP contribution in [0.3, 0.4) is 0 Å². The van der Waals surface area contributed by atoms with Crippen LogP contribution in [0, 0.1) is 0 Å². The Morgan fingerprint density at radius 2 is 1.91 bits per heavy atom. The number of ether oxygens (including phenoxy) is 2. The number of aliphatic hydroxyl groups excluding tert-OH is 1. The molecular formula is C23H34N8O4. The van der Waals surface area contributed by atoms with Gasteiger partial charge in [0.2, 0.25) is 11.9 Å². The smallest absolute Gasteiger partial charge is 0.410 e. The Bertz CT molecular complexity index is 1040. The van der Waals surface area contributed by atoms with Crippen molar-refractivity contribution >= 4 is 23.8 Å². The van der Waals surface area contributed by atoms with Gasteiger partial charge in [0.15, 0.2) is 0 Å². The molecule has 4 rings (SSSR count). The zero-order valence-electron chi connectivity index (χ0n) is 20.8. The van der Waals surface area contributed by atoms with Crippen LogP contribution in [0.2, 0.25) is 0 Å². The molecule has 2 fully saturated rings. The number of amides is 1. The van der Waals surface area contributed by atoms with Crippen molar-refractivity contribution in [3.63, 3.8) is 0 Å². The number of nitrogen functional groups attached to an aromatic ring is 1. The second-order valence-electron chi connectivity index (χ2n) is 9.93. The van der Waals surface area contributed by atoms with E-state index >= 15 is 0 Å². The number of aromatic nitrogens is 4. The molecule has 2 aliphatic heterocycles. The molecule has 190 valence electrons. The van der Waals surface area contributed by atoms with Gasteiger partial charge in [0.25, 0.3) is 0 Å². The number of hydrogen-bond acceptors (Lipinski definition) is 11. The van der Waals surface area contributed by atoms with Gasteiger partial charge in [-0.05, 0) is 27.2 Å². The van der Waals surface area contributed by atoms with E-state index in [2.05, 4.69) is 14.9 Å². The Labute approximate surface area is 205 Å². The molecule has 0 spiro atoms. The van der Waals surface area contributed by atoms with Crippen LogP contribution < -0.4 is 15.5 Å². The summed E-state index contributed by atoms with van der Waals surface area (Å²) in [6.07, 6.45) is 3.42. The molecule has 35 heavy (non-hydrogen) atoms. The number of carbonyl (C=O) groups excluding carboxylic acids is 1. The summed E-state index contributed by atoms with van der Waals surface area (Å²) in [5, 5.41) is 10.5. The highest BCUT2D eigenvalue weighted by molar-refractivity contribution is 5.69. The van der Waals surface area contributed by atoms with Gasteiger partial charge in [0.1, 0.15) is 11.4 Å². The van der Waals surface area contributed by atoms with Crippen LogP contribution in [-0.4, -0.2) is 100 Å². The number of aliphatic hydroxyl groups is 1. The fraction of sp³-hybridized carbons (Fsp3) is 0.609. The number of rotatable bonds is 5. The van der Waals surface area contributed by atoms with Crippen LogP contribution in [0.15, 0.2) is 18.5 Å². The Hall–Kier alpha value is -3.25. The summed E-state index contributed by atoms with van der Waals surface area (Å²) in [6, 6.07) is 1.84. The lowest BCUT2D eigenvalue weighted by molar-refractivity contribution is 0.0277. The van der Waals surface area contributed by atoms with Gasteiger partial charge in [-0.3, -0.25) is 0 Å². The largest absolute Gasteiger partial charge is 0.444 e. The summed E-state index contributed by atoms with van der Waals surface area (Å²) in [4.78, 5) is 36.1. The fourth-order valence-electron chi connectivity index (χ4n) is 4.21. The van der Waals surface area contributed by atoms with Gasteiger partial charge in [0, 0.05) is 57.3 Å². The summed E-state index contributed by atoms with van der Waals surface area (Å²) < 4.78 is 11.0. The maximum atomic E-state index is 12.7. The van der Waals surface area contributed by atoms with Crippen LogP contribution >= 0.6 is 0 Å². The Morgan fingerprint density at radius 1 is 1.23 bits per heavy atom. The van der Waals surface area contributed by atoms with Crippen molar-refractivity contribution < 1.29 is 19.4 Å².